The summed E-state index contributed by atoms with van der Waals surface area (Å²) >= 11 is 1.74. The summed E-state index contributed by atoms with van der Waals surface area (Å²) in [6.07, 6.45) is 3.82. The van der Waals surface area contributed by atoms with Crippen LogP contribution in [-0.2, 0) is 20.1 Å². The van der Waals surface area contributed by atoms with E-state index in [9.17, 15) is 0 Å². The SMILES string of the molecule is Cn1ncc(CN2CCN(Cc3cncs3)CC2)n1. The summed E-state index contributed by atoms with van der Waals surface area (Å²) in [7, 11) is 1.86. The molecule has 1 aliphatic heterocycles. The monoisotopic (exact) mass is 278 g/mol. The molecule has 2 aromatic rings. The van der Waals surface area contributed by atoms with Crippen LogP contribution in [0.15, 0.2) is 17.9 Å². The van der Waals surface area contributed by atoms with E-state index in [2.05, 4.69) is 25.0 Å². The van der Waals surface area contributed by atoms with Gasteiger partial charge in [0.1, 0.15) is 0 Å². The van der Waals surface area contributed by atoms with Crippen LogP contribution in [-0.4, -0.2) is 56.0 Å². The molecule has 0 unspecified atom stereocenters. The summed E-state index contributed by atoms with van der Waals surface area (Å²) in [6, 6.07) is 0. The predicted octanol–water partition coefficient (Wildman–Crippen LogP) is 0.589. The maximum Gasteiger partial charge on any atom is 0.0967 e. The number of rotatable bonds is 4. The molecular formula is C12H18N6S. The van der Waals surface area contributed by atoms with Gasteiger partial charge in [0.2, 0.25) is 0 Å². The van der Waals surface area contributed by atoms with Crippen molar-refractivity contribution in [2.75, 3.05) is 26.2 Å². The fraction of sp³-hybridized carbons (Fsp3) is 0.583. The van der Waals surface area contributed by atoms with Crippen molar-refractivity contribution >= 4 is 11.3 Å². The highest BCUT2D eigenvalue weighted by molar-refractivity contribution is 7.09. The van der Waals surface area contributed by atoms with Crippen LogP contribution in [0.5, 0.6) is 0 Å². The molecule has 6 nitrogen and oxygen atoms in total. The molecule has 7 heteroatoms. The van der Waals surface area contributed by atoms with E-state index >= 15 is 0 Å². The highest BCUT2D eigenvalue weighted by atomic mass is 32.1. The highest BCUT2D eigenvalue weighted by Gasteiger charge is 2.18. The molecule has 2 aromatic heterocycles. The second kappa shape index (κ2) is 5.77. The number of aromatic nitrogens is 4. The van der Waals surface area contributed by atoms with Crippen LogP contribution in [0.1, 0.15) is 10.6 Å². The second-order valence-electron chi connectivity index (χ2n) is 4.85. The molecule has 1 aliphatic rings. The van der Waals surface area contributed by atoms with Gasteiger partial charge >= 0.3 is 0 Å². The summed E-state index contributed by atoms with van der Waals surface area (Å²) in [5.41, 5.74) is 2.96. The third kappa shape index (κ3) is 3.37. The number of nitrogens with zero attached hydrogens (tertiary/aromatic N) is 6. The van der Waals surface area contributed by atoms with Crippen molar-refractivity contribution in [1.82, 2.24) is 29.8 Å². The Morgan fingerprint density at radius 3 is 2.42 bits per heavy atom. The molecule has 1 fully saturated rings. The highest BCUT2D eigenvalue weighted by Crippen LogP contribution is 2.12. The zero-order valence-electron chi connectivity index (χ0n) is 11.1. The zero-order valence-corrected chi connectivity index (χ0v) is 11.9. The average Bonchev–Trinajstić information content (AvgIpc) is 3.04. The Labute approximate surface area is 116 Å². The van der Waals surface area contributed by atoms with Crippen molar-refractivity contribution in [3.8, 4) is 0 Å². The van der Waals surface area contributed by atoms with E-state index in [0.717, 1.165) is 45.0 Å². The van der Waals surface area contributed by atoms with E-state index in [-0.39, 0.29) is 0 Å². The van der Waals surface area contributed by atoms with Crippen LogP contribution in [0, 0.1) is 0 Å². The van der Waals surface area contributed by atoms with Gasteiger partial charge < -0.3 is 0 Å². The van der Waals surface area contributed by atoms with Gasteiger partial charge in [0.05, 0.1) is 17.4 Å². The van der Waals surface area contributed by atoms with Gasteiger partial charge in [-0.05, 0) is 0 Å². The first kappa shape index (κ1) is 12.7. The zero-order chi connectivity index (χ0) is 13.1. The predicted molar refractivity (Wildman–Crippen MR) is 73.7 cm³/mol. The molecule has 0 atom stereocenters. The van der Waals surface area contributed by atoms with Crippen molar-refractivity contribution in [2.45, 2.75) is 13.1 Å². The van der Waals surface area contributed by atoms with Crippen LogP contribution < -0.4 is 0 Å². The lowest BCUT2D eigenvalue weighted by molar-refractivity contribution is 0.121. The second-order valence-corrected chi connectivity index (χ2v) is 5.82. The standard InChI is InChI=1S/C12H18N6S/c1-16-14-6-11(15-16)8-17-2-4-18(5-3-17)9-12-7-13-10-19-12/h6-7,10H,2-5,8-9H2,1H3. The third-order valence-corrected chi connectivity index (χ3v) is 4.12. The van der Waals surface area contributed by atoms with Crippen LogP contribution >= 0.6 is 11.3 Å². The van der Waals surface area contributed by atoms with Crippen LogP contribution in [0.2, 0.25) is 0 Å². The molecule has 3 heterocycles. The van der Waals surface area contributed by atoms with Gasteiger partial charge in [0, 0.05) is 57.4 Å². The molecule has 0 saturated carbocycles. The van der Waals surface area contributed by atoms with Crippen molar-refractivity contribution < 1.29 is 0 Å². The smallest absolute Gasteiger partial charge is 0.0967 e. The summed E-state index contributed by atoms with van der Waals surface area (Å²) in [4.78, 5) is 12.0. The number of aryl methyl sites for hydroxylation is 1. The Hall–Kier alpha value is -1.31. The van der Waals surface area contributed by atoms with Crippen molar-refractivity contribution in [3.63, 3.8) is 0 Å². The molecule has 1 saturated heterocycles. The van der Waals surface area contributed by atoms with Gasteiger partial charge in [-0.25, -0.2) is 0 Å². The molecule has 3 rings (SSSR count). The number of hydrogen-bond donors (Lipinski definition) is 0. The Morgan fingerprint density at radius 1 is 1.11 bits per heavy atom. The topological polar surface area (TPSA) is 50.1 Å². The molecular weight excluding hydrogens is 260 g/mol. The van der Waals surface area contributed by atoms with E-state index in [1.54, 1.807) is 16.1 Å². The average molecular weight is 278 g/mol. The summed E-state index contributed by atoms with van der Waals surface area (Å²) in [6.45, 7) is 6.34. The largest absolute Gasteiger partial charge is 0.296 e. The minimum Gasteiger partial charge on any atom is -0.296 e. The number of thiazole rings is 1. The van der Waals surface area contributed by atoms with Crippen LogP contribution in [0.4, 0.5) is 0 Å². The van der Waals surface area contributed by atoms with Crippen molar-refractivity contribution in [1.29, 1.82) is 0 Å². The van der Waals surface area contributed by atoms with Gasteiger partial charge in [-0.15, -0.1) is 11.3 Å². The van der Waals surface area contributed by atoms with E-state index in [1.807, 2.05) is 25.0 Å². The molecule has 0 aromatic carbocycles. The lowest BCUT2D eigenvalue weighted by Crippen LogP contribution is -2.45. The molecule has 0 bridgehead atoms. The van der Waals surface area contributed by atoms with Gasteiger partial charge in [0.25, 0.3) is 0 Å². The number of piperazine rings is 1. The fourth-order valence-electron chi connectivity index (χ4n) is 2.34. The van der Waals surface area contributed by atoms with Crippen molar-refractivity contribution in [3.05, 3.63) is 28.5 Å². The van der Waals surface area contributed by atoms with E-state index in [0.29, 0.717) is 0 Å². The quantitative estimate of drug-likeness (QED) is 0.819. The van der Waals surface area contributed by atoms with Gasteiger partial charge in [0.15, 0.2) is 0 Å². The molecule has 102 valence electrons. The van der Waals surface area contributed by atoms with Crippen LogP contribution in [0.25, 0.3) is 0 Å². The first-order valence-corrected chi connectivity index (χ1v) is 7.35. The minimum atomic E-state index is 0.905. The Bertz CT molecular complexity index is 500. The molecule has 0 amide bonds. The van der Waals surface area contributed by atoms with E-state index < -0.39 is 0 Å². The third-order valence-electron chi connectivity index (χ3n) is 3.36. The Morgan fingerprint density at radius 2 is 1.84 bits per heavy atom. The summed E-state index contributed by atoms with van der Waals surface area (Å²) in [5.74, 6) is 0. The van der Waals surface area contributed by atoms with Crippen LogP contribution in [0.3, 0.4) is 0 Å². The van der Waals surface area contributed by atoms with E-state index in [1.165, 1.54) is 4.88 Å². The summed E-state index contributed by atoms with van der Waals surface area (Å²) < 4.78 is 0. The molecule has 0 radical (unpaired) electrons. The van der Waals surface area contributed by atoms with Gasteiger partial charge in [-0.2, -0.15) is 15.0 Å². The minimum absolute atomic E-state index is 0.905. The molecule has 19 heavy (non-hydrogen) atoms. The normalized spacial score (nSPS) is 17.9. The Kier molecular flexibility index (Phi) is 3.86. The summed E-state index contributed by atoms with van der Waals surface area (Å²) in [5, 5.41) is 8.44. The lowest BCUT2D eigenvalue weighted by Gasteiger charge is -2.33. The van der Waals surface area contributed by atoms with Crippen molar-refractivity contribution in [2.24, 2.45) is 7.05 Å². The van der Waals surface area contributed by atoms with E-state index in [4.69, 9.17) is 0 Å². The van der Waals surface area contributed by atoms with Gasteiger partial charge in [-0.1, -0.05) is 0 Å². The maximum absolute atomic E-state index is 4.33. The first-order valence-electron chi connectivity index (χ1n) is 6.47. The Balaban J connectivity index is 1.46. The number of hydrogen-bond acceptors (Lipinski definition) is 6. The first-order chi connectivity index (χ1) is 9.29. The molecule has 0 N–H and O–H groups in total. The fourth-order valence-corrected chi connectivity index (χ4v) is 2.97. The van der Waals surface area contributed by atoms with Gasteiger partial charge in [-0.3, -0.25) is 14.8 Å². The lowest BCUT2D eigenvalue weighted by atomic mass is 10.3. The molecule has 0 aliphatic carbocycles. The molecule has 0 spiro atoms. The maximum atomic E-state index is 4.33.